The molecule has 0 amide bonds. The van der Waals surface area contributed by atoms with Gasteiger partial charge in [0.2, 0.25) is 0 Å². The van der Waals surface area contributed by atoms with Crippen molar-refractivity contribution in [2.75, 3.05) is 37.7 Å². The fraction of sp³-hybridized carbons (Fsp3) is 0.412. The van der Waals surface area contributed by atoms with Crippen LogP contribution in [0.25, 0.3) is 0 Å². The molecule has 1 atom stereocenters. The van der Waals surface area contributed by atoms with Crippen LogP contribution in [0.2, 0.25) is 5.02 Å². The average molecular weight is 418 g/mol. The molecule has 1 unspecified atom stereocenters. The zero-order valence-electron chi connectivity index (χ0n) is 14.1. The molecule has 0 spiro atoms. The van der Waals surface area contributed by atoms with Gasteiger partial charge in [-0.25, -0.2) is 9.78 Å². The van der Waals surface area contributed by atoms with Gasteiger partial charge in [0.25, 0.3) is 0 Å². The number of rotatable bonds is 6. The molecule has 1 saturated heterocycles. The van der Waals surface area contributed by atoms with E-state index in [1.807, 2.05) is 12.1 Å². The quantitative estimate of drug-likeness (QED) is 0.749. The predicted molar refractivity (Wildman–Crippen MR) is 106 cm³/mol. The fourth-order valence-corrected chi connectivity index (χ4v) is 4.07. The topological polar surface area (TPSA) is 88.7 Å². The molecule has 6 nitrogen and oxygen atoms in total. The lowest BCUT2D eigenvalue weighted by atomic mass is 9.92. The number of hydrogen-bond donors (Lipinski definition) is 2. The van der Waals surface area contributed by atoms with Gasteiger partial charge in [0, 0.05) is 24.0 Å². The Morgan fingerprint density at radius 1 is 1.35 bits per heavy atom. The smallest absolute Gasteiger partial charge is 0.347 e. The van der Waals surface area contributed by atoms with Crippen LogP contribution >= 0.6 is 35.3 Å². The highest BCUT2D eigenvalue weighted by Gasteiger charge is 2.27. The minimum absolute atomic E-state index is 0. The first kappa shape index (κ1) is 20.9. The molecule has 3 rings (SSSR count). The van der Waals surface area contributed by atoms with Gasteiger partial charge in [0.05, 0.1) is 18.9 Å². The molecule has 1 aromatic heterocycles. The van der Waals surface area contributed by atoms with E-state index in [4.69, 9.17) is 27.1 Å². The Kier molecular flexibility index (Phi) is 7.67. The van der Waals surface area contributed by atoms with E-state index in [1.54, 1.807) is 12.1 Å². The molecule has 26 heavy (non-hydrogen) atoms. The van der Waals surface area contributed by atoms with Gasteiger partial charge in [-0.1, -0.05) is 35.1 Å². The third kappa shape index (κ3) is 4.66. The molecular formula is C17H21Cl2N3O3S. The summed E-state index contributed by atoms with van der Waals surface area (Å²) in [4.78, 5) is 18.8. The van der Waals surface area contributed by atoms with Gasteiger partial charge in [0.15, 0.2) is 5.13 Å². The zero-order valence-corrected chi connectivity index (χ0v) is 16.4. The van der Waals surface area contributed by atoms with E-state index in [-0.39, 0.29) is 23.2 Å². The lowest BCUT2D eigenvalue weighted by molar-refractivity contribution is 0.0700. The number of carboxylic acid groups (broad SMARTS) is 1. The van der Waals surface area contributed by atoms with Crippen LogP contribution in [-0.2, 0) is 4.74 Å². The second kappa shape index (κ2) is 9.53. The number of thiazole rings is 1. The Balaban J connectivity index is 0.00000243. The summed E-state index contributed by atoms with van der Waals surface area (Å²) in [5, 5.41) is 11.0. The third-order valence-corrected chi connectivity index (χ3v) is 5.55. The Labute approximate surface area is 167 Å². The first-order valence-electron chi connectivity index (χ1n) is 8.12. The fourth-order valence-electron chi connectivity index (χ4n) is 2.92. The minimum atomic E-state index is -0.956. The molecule has 9 heteroatoms. The van der Waals surface area contributed by atoms with E-state index in [0.29, 0.717) is 50.0 Å². The summed E-state index contributed by atoms with van der Waals surface area (Å²) in [5.74, 6) is -1.12. The summed E-state index contributed by atoms with van der Waals surface area (Å²) in [6.07, 6.45) is 0.619. The number of carbonyl (C=O) groups is 1. The summed E-state index contributed by atoms with van der Waals surface area (Å²) >= 11 is 7.19. The monoisotopic (exact) mass is 417 g/mol. The van der Waals surface area contributed by atoms with Crippen LogP contribution in [0.3, 0.4) is 0 Å². The number of anilines is 1. The Bertz CT molecular complexity index is 733. The van der Waals surface area contributed by atoms with Crippen molar-refractivity contribution in [3.05, 3.63) is 45.4 Å². The molecule has 2 aromatic rings. The van der Waals surface area contributed by atoms with Crippen LogP contribution in [0.5, 0.6) is 0 Å². The molecule has 1 aliphatic rings. The lowest BCUT2D eigenvalue weighted by Gasteiger charge is -2.26. The molecule has 0 aliphatic carbocycles. The van der Waals surface area contributed by atoms with E-state index in [2.05, 4.69) is 4.90 Å². The maximum Gasteiger partial charge on any atom is 0.347 e. The molecule has 142 valence electrons. The van der Waals surface area contributed by atoms with Gasteiger partial charge in [-0.15, -0.1) is 12.4 Å². The molecule has 1 aliphatic heterocycles. The maximum atomic E-state index is 11.8. The molecule has 0 bridgehead atoms. The molecule has 0 saturated carbocycles. The van der Waals surface area contributed by atoms with Crippen molar-refractivity contribution >= 4 is 46.4 Å². The van der Waals surface area contributed by atoms with E-state index in [0.717, 1.165) is 10.7 Å². The first-order chi connectivity index (χ1) is 12.1. The highest BCUT2D eigenvalue weighted by Crippen LogP contribution is 2.36. The molecule has 1 fully saturated rings. The summed E-state index contributed by atoms with van der Waals surface area (Å²) in [6.45, 7) is 3.13. The number of ether oxygens (including phenoxy) is 1. The second-order valence-electron chi connectivity index (χ2n) is 5.80. The Morgan fingerprint density at radius 3 is 2.58 bits per heavy atom. The van der Waals surface area contributed by atoms with E-state index < -0.39 is 5.97 Å². The van der Waals surface area contributed by atoms with Crippen molar-refractivity contribution < 1.29 is 14.6 Å². The normalized spacial score (nSPS) is 15.4. The lowest BCUT2D eigenvalue weighted by Crippen LogP contribution is -2.36. The second-order valence-corrected chi connectivity index (χ2v) is 7.21. The number of nitrogens with zero attached hydrogens (tertiary/aromatic N) is 2. The highest BCUT2D eigenvalue weighted by molar-refractivity contribution is 7.17. The number of nitrogens with two attached hydrogens (primary N) is 1. The third-order valence-electron chi connectivity index (χ3n) is 4.18. The van der Waals surface area contributed by atoms with Crippen molar-refractivity contribution in [2.45, 2.75) is 12.3 Å². The van der Waals surface area contributed by atoms with Crippen molar-refractivity contribution in [2.24, 2.45) is 5.73 Å². The summed E-state index contributed by atoms with van der Waals surface area (Å²) < 4.78 is 5.36. The van der Waals surface area contributed by atoms with Gasteiger partial charge in [-0.3, -0.25) is 0 Å². The van der Waals surface area contributed by atoms with Crippen molar-refractivity contribution in [1.82, 2.24) is 4.98 Å². The molecule has 0 radical (unpaired) electrons. The number of carboxylic acids is 1. The zero-order chi connectivity index (χ0) is 17.8. The maximum absolute atomic E-state index is 11.8. The SMILES string of the molecule is Cl.NCCC(c1ccc(Cl)cc1)c1nc(N2CCOCC2)sc1C(=O)O. The molecule has 2 heterocycles. The number of aromatic carboxylic acids is 1. The van der Waals surface area contributed by atoms with Crippen molar-refractivity contribution in [1.29, 1.82) is 0 Å². The van der Waals surface area contributed by atoms with Gasteiger partial charge >= 0.3 is 5.97 Å². The van der Waals surface area contributed by atoms with Gasteiger partial charge < -0.3 is 20.5 Å². The Morgan fingerprint density at radius 2 is 2.00 bits per heavy atom. The first-order valence-corrected chi connectivity index (χ1v) is 9.32. The number of benzene rings is 1. The average Bonchev–Trinajstić information content (AvgIpc) is 3.07. The van der Waals surface area contributed by atoms with Crippen LogP contribution in [0.1, 0.15) is 33.3 Å². The number of aromatic nitrogens is 1. The van der Waals surface area contributed by atoms with Gasteiger partial charge in [0.1, 0.15) is 4.88 Å². The van der Waals surface area contributed by atoms with Crippen LogP contribution in [0, 0.1) is 0 Å². The molecule has 3 N–H and O–H groups in total. The highest BCUT2D eigenvalue weighted by atomic mass is 35.5. The van der Waals surface area contributed by atoms with Crippen molar-refractivity contribution in [3.8, 4) is 0 Å². The number of morpholine rings is 1. The van der Waals surface area contributed by atoms with E-state index in [9.17, 15) is 9.90 Å². The van der Waals surface area contributed by atoms with Gasteiger partial charge in [-0.2, -0.15) is 0 Å². The van der Waals surface area contributed by atoms with Crippen molar-refractivity contribution in [3.63, 3.8) is 0 Å². The minimum Gasteiger partial charge on any atom is -0.477 e. The van der Waals surface area contributed by atoms with Crippen LogP contribution in [0.15, 0.2) is 24.3 Å². The largest absolute Gasteiger partial charge is 0.477 e. The summed E-state index contributed by atoms with van der Waals surface area (Å²) in [6, 6.07) is 7.41. The van der Waals surface area contributed by atoms with Gasteiger partial charge in [-0.05, 0) is 30.7 Å². The predicted octanol–water partition coefficient (Wildman–Crippen LogP) is 3.23. The molecular weight excluding hydrogens is 397 g/mol. The number of hydrogen-bond acceptors (Lipinski definition) is 6. The Hall–Kier alpha value is -1.38. The number of halogens is 2. The summed E-state index contributed by atoms with van der Waals surface area (Å²) in [5.41, 5.74) is 7.33. The van der Waals surface area contributed by atoms with E-state index >= 15 is 0 Å². The standard InChI is InChI=1S/C17H20ClN3O3S.ClH/c18-12-3-1-11(2-4-12)13(5-6-19)14-15(16(22)23)25-17(20-14)21-7-9-24-10-8-21;/h1-4,13H,5-10,19H2,(H,22,23);1H. The molecule has 1 aromatic carbocycles. The summed E-state index contributed by atoms with van der Waals surface area (Å²) in [7, 11) is 0. The van der Waals surface area contributed by atoms with E-state index in [1.165, 1.54) is 11.3 Å². The van der Waals surface area contributed by atoms with Crippen LogP contribution in [-0.4, -0.2) is 48.9 Å². The van der Waals surface area contributed by atoms with Crippen LogP contribution < -0.4 is 10.6 Å². The van der Waals surface area contributed by atoms with Crippen LogP contribution in [0.4, 0.5) is 5.13 Å².